The summed E-state index contributed by atoms with van der Waals surface area (Å²) in [5.74, 6) is 0.514. The van der Waals surface area contributed by atoms with Crippen LogP contribution in [0.1, 0.15) is 25.3 Å². The minimum Gasteiger partial charge on any atom is -0.310 e. The fourth-order valence-electron chi connectivity index (χ4n) is 1.94. The van der Waals surface area contributed by atoms with Gasteiger partial charge < -0.3 is 4.31 Å². The van der Waals surface area contributed by atoms with E-state index in [1.807, 2.05) is 34.6 Å². The van der Waals surface area contributed by atoms with Crippen molar-refractivity contribution in [2.75, 3.05) is 17.5 Å². The first-order chi connectivity index (χ1) is 9.70. The molecule has 0 aromatic heterocycles. The topological polar surface area (TPSA) is 3.24 Å². The summed E-state index contributed by atoms with van der Waals surface area (Å²) in [5.41, 5.74) is 2.35. The van der Waals surface area contributed by atoms with Crippen LogP contribution >= 0.6 is 11.9 Å². The number of hydrogen-bond donors (Lipinski definition) is 0. The van der Waals surface area contributed by atoms with E-state index in [1.165, 1.54) is 5.56 Å². The zero-order chi connectivity index (χ0) is 14.4. The predicted molar refractivity (Wildman–Crippen MR) is 86.2 cm³/mol. The first kappa shape index (κ1) is 14.9. The van der Waals surface area contributed by atoms with E-state index in [0.29, 0.717) is 12.5 Å². The molecule has 1 nitrogen and oxygen atoms in total. The molecule has 0 aliphatic rings. The van der Waals surface area contributed by atoms with Gasteiger partial charge in [0, 0.05) is 10.6 Å². The minimum absolute atomic E-state index is 0.355. The lowest BCUT2D eigenvalue weighted by Gasteiger charge is -2.22. The molecule has 0 amide bonds. The van der Waals surface area contributed by atoms with Crippen molar-refractivity contribution in [3.8, 4) is 0 Å². The lowest BCUT2D eigenvalue weighted by atomic mass is 10.0. The van der Waals surface area contributed by atoms with E-state index in [4.69, 9.17) is 0 Å². The molecule has 0 spiro atoms. The second kappa shape index (κ2) is 7.34. The van der Waals surface area contributed by atoms with Crippen LogP contribution in [0, 0.1) is 0 Å². The molecule has 3 heteroatoms. The summed E-state index contributed by atoms with van der Waals surface area (Å²) in [6.45, 7) is 4.38. The van der Waals surface area contributed by atoms with Crippen LogP contribution in [0.3, 0.4) is 0 Å². The van der Waals surface area contributed by atoms with Crippen molar-refractivity contribution < 1.29 is 4.39 Å². The van der Waals surface area contributed by atoms with Gasteiger partial charge in [0.05, 0.1) is 6.54 Å². The molecule has 0 fully saturated rings. The highest BCUT2D eigenvalue weighted by molar-refractivity contribution is 8.00. The monoisotopic (exact) mass is 289 g/mol. The summed E-state index contributed by atoms with van der Waals surface area (Å²) in [5, 5.41) is 0. The second-order valence-corrected chi connectivity index (χ2v) is 6.04. The number of hydrogen-bond acceptors (Lipinski definition) is 2. The molecular weight excluding hydrogens is 269 g/mol. The largest absolute Gasteiger partial charge is 0.310 e. The van der Waals surface area contributed by atoms with Gasteiger partial charge in [-0.2, -0.15) is 0 Å². The van der Waals surface area contributed by atoms with Crippen molar-refractivity contribution >= 4 is 17.6 Å². The molecule has 0 unspecified atom stereocenters. The number of rotatable bonds is 6. The summed E-state index contributed by atoms with van der Waals surface area (Å²) in [4.78, 5) is 1.12. The van der Waals surface area contributed by atoms with Crippen molar-refractivity contribution in [1.29, 1.82) is 0 Å². The third-order valence-electron chi connectivity index (χ3n) is 3.09. The maximum Gasteiger partial charge on any atom is 0.108 e. The van der Waals surface area contributed by atoms with Gasteiger partial charge in [0.2, 0.25) is 0 Å². The Labute approximate surface area is 124 Å². The van der Waals surface area contributed by atoms with Crippen LogP contribution in [-0.2, 0) is 0 Å². The Morgan fingerprint density at radius 2 is 1.65 bits per heavy atom. The van der Waals surface area contributed by atoms with Crippen molar-refractivity contribution in [3.63, 3.8) is 0 Å². The summed E-state index contributed by atoms with van der Waals surface area (Å²) >= 11 is 1.57. The molecule has 0 radical (unpaired) electrons. The maximum atomic E-state index is 12.8. The van der Waals surface area contributed by atoms with E-state index in [1.54, 1.807) is 11.9 Å². The Balaban J connectivity index is 2.15. The normalized spacial score (nSPS) is 10.8. The standard InChI is InChI=1S/C17H20FNS/c1-14(2)15-8-10-16(11-9-15)19(13-12-18)20-17-6-4-3-5-7-17/h3-11,14H,12-13H2,1-2H3. The van der Waals surface area contributed by atoms with Crippen LogP contribution in [0.15, 0.2) is 59.5 Å². The number of anilines is 1. The van der Waals surface area contributed by atoms with Crippen molar-refractivity contribution in [1.82, 2.24) is 0 Å². The summed E-state index contributed by atoms with van der Waals surface area (Å²) in [7, 11) is 0. The van der Waals surface area contributed by atoms with Crippen LogP contribution in [0.25, 0.3) is 0 Å². The molecular formula is C17H20FNS. The maximum absolute atomic E-state index is 12.8. The van der Waals surface area contributed by atoms with Crippen LogP contribution in [0.5, 0.6) is 0 Å². The van der Waals surface area contributed by atoms with E-state index in [-0.39, 0.29) is 6.67 Å². The predicted octanol–water partition coefficient (Wildman–Crippen LogP) is 5.29. The first-order valence-electron chi connectivity index (χ1n) is 6.87. The molecule has 2 rings (SSSR count). The Hall–Kier alpha value is -1.48. The van der Waals surface area contributed by atoms with Gasteiger partial charge >= 0.3 is 0 Å². The zero-order valence-electron chi connectivity index (χ0n) is 11.9. The van der Waals surface area contributed by atoms with Crippen molar-refractivity contribution in [3.05, 3.63) is 60.2 Å². The van der Waals surface area contributed by atoms with Crippen molar-refractivity contribution in [2.45, 2.75) is 24.7 Å². The molecule has 0 heterocycles. The molecule has 0 N–H and O–H groups in total. The molecule has 2 aromatic carbocycles. The van der Waals surface area contributed by atoms with Gasteiger partial charge in [0.15, 0.2) is 0 Å². The summed E-state index contributed by atoms with van der Waals surface area (Å²) in [6.07, 6.45) is 0. The van der Waals surface area contributed by atoms with Gasteiger partial charge in [-0.25, -0.2) is 4.39 Å². The molecule has 0 aliphatic heterocycles. The van der Waals surface area contributed by atoms with E-state index in [0.717, 1.165) is 10.6 Å². The molecule has 2 aromatic rings. The SMILES string of the molecule is CC(C)c1ccc(N(CCF)Sc2ccccc2)cc1. The molecule has 20 heavy (non-hydrogen) atoms. The Bertz CT molecular complexity index is 510. The van der Waals surface area contributed by atoms with Crippen LogP contribution in [-0.4, -0.2) is 13.2 Å². The number of benzene rings is 2. The molecule has 0 bridgehead atoms. The highest BCUT2D eigenvalue weighted by Crippen LogP contribution is 2.29. The average molecular weight is 289 g/mol. The third kappa shape index (κ3) is 4.01. The Kier molecular flexibility index (Phi) is 5.48. The van der Waals surface area contributed by atoms with Gasteiger partial charge in [-0.05, 0) is 47.7 Å². The molecule has 0 saturated carbocycles. The van der Waals surface area contributed by atoms with Crippen LogP contribution in [0.2, 0.25) is 0 Å². The quantitative estimate of drug-likeness (QED) is 0.664. The highest BCUT2D eigenvalue weighted by atomic mass is 32.2. The fraction of sp³-hybridized carbons (Fsp3) is 0.294. The van der Waals surface area contributed by atoms with E-state index >= 15 is 0 Å². The average Bonchev–Trinajstić information content (AvgIpc) is 2.48. The fourth-order valence-corrected chi connectivity index (χ4v) is 2.86. The number of alkyl halides is 1. The molecule has 0 atom stereocenters. The lowest BCUT2D eigenvalue weighted by molar-refractivity contribution is 0.506. The second-order valence-electron chi connectivity index (χ2n) is 4.94. The van der Waals surface area contributed by atoms with Gasteiger partial charge in [0.1, 0.15) is 6.67 Å². The van der Waals surface area contributed by atoms with Crippen molar-refractivity contribution in [2.24, 2.45) is 0 Å². The Morgan fingerprint density at radius 1 is 1.00 bits per heavy atom. The van der Waals surface area contributed by atoms with Crippen LogP contribution < -0.4 is 4.31 Å². The smallest absolute Gasteiger partial charge is 0.108 e. The molecule has 0 saturated heterocycles. The van der Waals surface area contributed by atoms with Gasteiger partial charge in [0.25, 0.3) is 0 Å². The van der Waals surface area contributed by atoms with Gasteiger partial charge in [-0.3, -0.25) is 0 Å². The number of nitrogens with zero attached hydrogens (tertiary/aromatic N) is 1. The molecule has 0 aliphatic carbocycles. The minimum atomic E-state index is -0.355. The summed E-state index contributed by atoms with van der Waals surface area (Å²) < 4.78 is 14.8. The lowest BCUT2D eigenvalue weighted by Crippen LogP contribution is -2.17. The first-order valence-corrected chi connectivity index (χ1v) is 7.64. The third-order valence-corrected chi connectivity index (χ3v) is 4.19. The zero-order valence-corrected chi connectivity index (χ0v) is 12.7. The highest BCUT2D eigenvalue weighted by Gasteiger charge is 2.09. The molecule has 106 valence electrons. The Morgan fingerprint density at radius 3 is 2.20 bits per heavy atom. The van der Waals surface area contributed by atoms with Crippen LogP contribution in [0.4, 0.5) is 10.1 Å². The van der Waals surface area contributed by atoms with Gasteiger partial charge in [-0.15, -0.1) is 0 Å². The van der Waals surface area contributed by atoms with E-state index in [2.05, 4.69) is 38.1 Å². The van der Waals surface area contributed by atoms with E-state index in [9.17, 15) is 4.39 Å². The van der Waals surface area contributed by atoms with Gasteiger partial charge in [-0.1, -0.05) is 44.2 Å². The summed E-state index contributed by atoms with van der Waals surface area (Å²) in [6, 6.07) is 18.4. The van der Waals surface area contributed by atoms with E-state index < -0.39 is 0 Å². The number of halogens is 1.